The molecule has 2 aliphatic rings. The van der Waals surface area contributed by atoms with E-state index in [9.17, 15) is 14.4 Å². The van der Waals surface area contributed by atoms with Crippen LogP contribution in [0.3, 0.4) is 0 Å². The summed E-state index contributed by atoms with van der Waals surface area (Å²) in [6, 6.07) is 20.9. The zero-order valence-electron chi connectivity index (χ0n) is 17.6. The van der Waals surface area contributed by atoms with Crippen LogP contribution >= 0.6 is 11.8 Å². The lowest BCUT2D eigenvalue weighted by molar-refractivity contribution is -0.135. The first kappa shape index (κ1) is 20.6. The summed E-state index contributed by atoms with van der Waals surface area (Å²) < 4.78 is 0. The van der Waals surface area contributed by atoms with E-state index in [2.05, 4.69) is 10.6 Å². The highest BCUT2D eigenvalue weighted by atomic mass is 32.2. The van der Waals surface area contributed by atoms with Crippen LogP contribution in [0.15, 0.2) is 71.6 Å². The number of hydrogen-bond acceptors (Lipinski definition) is 4. The van der Waals surface area contributed by atoms with Gasteiger partial charge in [0, 0.05) is 10.6 Å². The van der Waals surface area contributed by atoms with Crippen molar-refractivity contribution >= 4 is 40.4 Å². The lowest BCUT2D eigenvalue weighted by atomic mass is 9.90. The molecule has 0 spiro atoms. The van der Waals surface area contributed by atoms with E-state index in [4.69, 9.17) is 0 Å². The fourth-order valence-electron chi connectivity index (χ4n) is 4.41. The fourth-order valence-corrected chi connectivity index (χ4v) is 5.54. The normalized spacial score (nSPS) is 22.5. The van der Waals surface area contributed by atoms with E-state index in [1.165, 1.54) is 0 Å². The van der Waals surface area contributed by atoms with E-state index in [-0.39, 0.29) is 18.5 Å². The lowest BCUT2D eigenvalue weighted by Crippen LogP contribution is -2.44. The number of urea groups is 1. The molecule has 3 aromatic carbocycles. The molecule has 2 heterocycles. The van der Waals surface area contributed by atoms with Crippen molar-refractivity contribution in [1.82, 2.24) is 15.5 Å². The summed E-state index contributed by atoms with van der Waals surface area (Å²) in [5, 5.41) is 7.84. The van der Waals surface area contributed by atoms with Crippen LogP contribution in [-0.2, 0) is 15.1 Å². The second-order valence-electron chi connectivity index (χ2n) is 8.30. The largest absolute Gasteiger partial charge is 0.348 e. The highest BCUT2D eigenvalue weighted by Gasteiger charge is 2.49. The Morgan fingerprint density at radius 3 is 2.69 bits per heavy atom. The molecular formula is C25H23N3O3S. The quantitative estimate of drug-likeness (QED) is 0.596. The first-order valence-electron chi connectivity index (χ1n) is 10.6. The molecule has 6 nitrogen and oxygen atoms in total. The Bertz CT molecular complexity index is 1240. The number of nitrogens with zero attached hydrogens (tertiary/aromatic N) is 1. The Hall–Kier alpha value is -3.32. The summed E-state index contributed by atoms with van der Waals surface area (Å²) in [5.41, 5.74) is 0.557. The number of carbonyl (C=O) groups excluding carboxylic acids is 3. The van der Waals surface area contributed by atoms with Gasteiger partial charge in [-0.2, -0.15) is 0 Å². The average molecular weight is 446 g/mol. The van der Waals surface area contributed by atoms with Crippen molar-refractivity contribution in [2.75, 3.05) is 12.3 Å². The highest BCUT2D eigenvalue weighted by Crippen LogP contribution is 2.36. The van der Waals surface area contributed by atoms with Gasteiger partial charge in [-0.25, -0.2) is 4.79 Å². The third kappa shape index (κ3) is 3.52. The molecule has 32 heavy (non-hydrogen) atoms. The molecule has 0 saturated carbocycles. The van der Waals surface area contributed by atoms with Crippen molar-refractivity contribution in [2.45, 2.75) is 29.8 Å². The minimum absolute atomic E-state index is 0.118. The summed E-state index contributed by atoms with van der Waals surface area (Å²) in [5.74, 6) is 0.140. The number of amides is 4. The van der Waals surface area contributed by atoms with Crippen LogP contribution in [-0.4, -0.2) is 35.0 Å². The maximum Gasteiger partial charge on any atom is 0.325 e. The van der Waals surface area contributed by atoms with Crippen molar-refractivity contribution in [3.8, 4) is 0 Å². The van der Waals surface area contributed by atoms with Crippen molar-refractivity contribution in [1.29, 1.82) is 0 Å². The van der Waals surface area contributed by atoms with E-state index in [0.29, 0.717) is 5.56 Å². The molecule has 1 saturated heterocycles. The van der Waals surface area contributed by atoms with Gasteiger partial charge in [-0.15, -0.1) is 11.8 Å². The summed E-state index contributed by atoms with van der Waals surface area (Å²) in [6.45, 7) is 1.38. The number of fused-ring (bicyclic) bond motifs is 2. The van der Waals surface area contributed by atoms with Gasteiger partial charge in [0.05, 0.1) is 6.04 Å². The van der Waals surface area contributed by atoms with E-state index in [1.807, 2.05) is 66.7 Å². The molecule has 0 bridgehead atoms. The Balaban J connectivity index is 1.33. The van der Waals surface area contributed by atoms with E-state index < -0.39 is 17.5 Å². The topological polar surface area (TPSA) is 78.5 Å². The second kappa shape index (κ2) is 7.98. The smallest absolute Gasteiger partial charge is 0.325 e. The van der Waals surface area contributed by atoms with Gasteiger partial charge in [0.1, 0.15) is 12.1 Å². The zero-order valence-corrected chi connectivity index (χ0v) is 18.4. The Morgan fingerprint density at radius 1 is 1.09 bits per heavy atom. The van der Waals surface area contributed by atoms with Crippen LogP contribution in [0.2, 0.25) is 0 Å². The Morgan fingerprint density at radius 2 is 1.84 bits per heavy atom. The summed E-state index contributed by atoms with van der Waals surface area (Å²) >= 11 is 1.77. The number of carbonyl (C=O) groups is 3. The van der Waals surface area contributed by atoms with Gasteiger partial charge in [-0.3, -0.25) is 14.5 Å². The maximum absolute atomic E-state index is 13.3. The molecule has 2 aliphatic heterocycles. The van der Waals surface area contributed by atoms with Gasteiger partial charge in [-0.1, -0.05) is 54.6 Å². The SMILES string of the molecule is C[C@]1(c2ccc3ccccc3c2)NC(=O)N(CC(=O)N[C@H]2CCSc3ccccc32)C1=O. The molecule has 2 N–H and O–H groups in total. The molecular weight excluding hydrogens is 422 g/mol. The molecule has 0 radical (unpaired) electrons. The van der Waals surface area contributed by atoms with Gasteiger partial charge < -0.3 is 10.6 Å². The molecule has 3 aromatic rings. The highest BCUT2D eigenvalue weighted by molar-refractivity contribution is 7.99. The second-order valence-corrected chi connectivity index (χ2v) is 9.44. The molecule has 5 rings (SSSR count). The van der Waals surface area contributed by atoms with Gasteiger partial charge in [-0.05, 0) is 47.4 Å². The van der Waals surface area contributed by atoms with Crippen LogP contribution in [0.1, 0.15) is 30.5 Å². The van der Waals surface area contributed by atoms with Gasteiger partial charge in [0.25, 0.3) is 5.91 Å². The van der Waals surface area contributed by atoms with Crippen molar-refractivity contribution in [3.63, 3.8) is 0 Å². The van der Waals surface area contributed by atoms with Gasteiger partial charge in [0.2, 0.25) is 5.91 Å². The van der Waals surface area contributed by atoms with Crippen LogP contribution in [0.4, 0.5) is 4.79 Å². The third-order valence-corrected chi connectivity index (χ3v) is 7.32. The number of imide groups is 1. The maximum atomic E-state index is 13.3. The Labute approximate surface area is 190 Å². The number of thioether (sulfide) groups is 1. The monoisotopic (exact) mass is 445 g/mol. The van der Waals surface area contributed by atoms with Crippen molar-refractivity contribution in [2.24, 2.45) is 0 Å². The number of benzene rings is 3. The molecule has 7 heteroatoms. The fraction of sp³-hybridized carbons (Fsp3) is 0.240. The van der Waals surface area contributed by atoms with Crippen LogP contribution in [0, 0.1) is 0 Å². The van der Waals surface area contributed by atoms with E-state index in [0.717, 1.165) is 38.3 Å². The van der Waals surface area contributed by atoms with Crippen molar-refractivity contribution in [3.05, 3.63) is 77.9 Å². The van der Waals surface area contributed by atoms with Gasteiger partial charge in [0.15, 0.2) is 0 Å². The lowest BCUT2D eigenvalue weighted by Gasteiger charge is -2.26. The van der Waals surface area contributed by atoms with Gasteiger partial charge >= 0.3 is 6.03 Å². The van der Waals surface area contributed by atoms with E-state index >= 15 is 0 Å². The summed E-state index contributed by atoms with van der Waals surface area (Å²) in [6.07, 6.45) is 0.808. The van der Waals surface area contributed by atoms with Crippen LogP contribution in [0.25, 0.3) is 10.8 Å². The molecule has 0 unspecified atom stereocenters. The molecule has 1 fully saturated rings. The third-order valence-electron chi connectivity index (χ3n) is 6.20. The predicted octanol–water partition coefficient (Wildman–Crippen LogP) is 3.96. The first-order valence-corrected chi connectivity index (χ1v) is 11.6. The molecule has 4 amide bonds. The Kier molecular flexibility index (Phi) is 5.13. The number of rotatable bonds is 4. The van der Waals surface area contributed by atoms with Crippen molar-refractivity contribution < 1.29 is 14.4 Å². The van der Waals surface area contributed by atoms with E-state index in [1.54, 1.807) is 18.7 Å². The standard InChI is InChI=1S/C25H23N3O3S/c1-25(18-11-10-16-6-2-3-7-17(16)14-18)23(30)28(24(31)27-25)15-22(29)26-20-12-13-32-21-9-5-4-8-19(20)21/h2-11,14,20H,12-13,15H2,1H3,(H,26,29)(H,27,31)/t20-,25+/m0/s1. The minimum Gasteiger partial charge on any atom is -0.348 e. The molecule has 2 atom stereocenters. The summed E-state index contributed by atoms with van der Waals surface area (Å²) in [7, 11) is 0. The molecule has 0 aliphatic carbocycles. The average Bonchev–Trinajstić information content (AvgIpc) is 3.03. The zero-order chi connectivity index (χ0) is 22.3. The number of nitrogens with one attached hydrogen (secondary N) is 2. The number of hydrogen-bond donors (Lipinski definition) is 2. The van der Waals surface area contributed by atoms with Crippen LogP contribution < -0.4 is 10.6 Å². The predicted molar refractivity (Wildman–Crippen MR) is 124 cm³/mol. The summed E-state index contributed by atoms with van der Waals surface area (Å²) in [4.78, 5) is 40.9. The molecule has 0 aromatic heterocycles. The first-order chi connectivity index (χ1) is 15.5. The van der Waals surface area contributed by atoms with Crippen LogP contribution in [0.5, 0.6) is 0 Å². The molecule has 162 valence electrons. The minimum atomic E-state index is -1.21.